The van der Waals surface area contributed by atoms with Crippen LogP contribution in [0.25, 0.3) is 0 Å². The first-order chi connectivity index (χ1) is 8.47. The van der Waals surface area contributed by atoms with Gasteiger partial charge in [-0.25, -0.2) is 0 Å². The molecule has 0 aliphatic carbocycles. The first-order valence-electron chi connectivity index (χ1n) is 6.76. The number of nitrogens with zero attached hydrogens (tertiary/aromatic N) is 1. The lowest BCUT2D eigenvalue weighted by molar-refractivity contribution is 0.122. The Kier molecular flexibility index (Phi) is 3.93. The zero-order valence-corrected chi connectivity index (χ0v) is 11.6. The van der Waals surface area contributed by atoms with Crippen molar-refractivity contribution in [3.05, 3.63) is 29.3 Å². The van der Waals surface area contributed by atoms with E-state index in [1.165, 1.54) is 5.56 Å². The van der Waals surface area contributed by atoms with Crippen molar-refractivity contribution in [2.24, 2.45) is 11.7 Å². The average molecular weight is 248 g/mol. The zero-order valence-electron chi connectivity index (χ0n) is 11.6. The molecule has 3 unspecified atom stereocenters. The Balaban J connectivity index is 2.19. The Morgan fingerprint density at radius 2 is 2.11 bits per heavy atom. The van der Waals surface area contributed by atoms with Gasteiger partial charge >= 0.3 is 0 Å². The third-order valence-electron chi connectivity index (χ3n) is 3.90. The van der Waals surface area contributed by atoms with Gasteiger partial charge in [-0.3, -0.25) is 4.90 Å². The van der Waals surface area contributed by atoms with Crippen molar-refractivity contribution in [2.75, 3.05) is 13.1 Å². The molecule has 1 heterocycles. The number of aromatic hydroxyl groups is 1. The molecule has 0 aromatic heterocycles. The van der Waals surface area contributed by atoms with Crippen LogP contribution in [0.4, 0.5) is 0 Å². The monoisotopic (exact) mass is 248 g/mol. The molecule has 1 fully saturated rings. The summed E-state index contributed by atoms with van der Waals surface area (Å²) in [6.45, 7) is 8.43. The third kappa shape index (κ3) is 2.85. The molecule has 0 saturated carbocycles. The summed E-state index contributed by atoms with van der Waals surface area (Å²) in [5, 5.41) is 10.0. The summed E-state index contributed by atoms with van der Waals surface area (Å²) in [5.74, 6) is 1.02. The first kappa shape index (κ1) is 13.4. The fourth-order valence-electron chi connectivity index (χ4n) is 2.96. The zero-order chi connectivity index (χ0) is 13.3. The molecule has 0 radical (unpaired) electrons. The summed E-state index contributed by atoms with van der Waals surface area (Å²) in [4.78, 5) is 2.38. The van der Waals surface area contributed by atoms with Gasteiger partial charge in [0.25, 0.3) is 0 Å². The number of aryl methyl sites for hydroxylation is 1. The van der Waals surface area contributed by atoms with Crippen LogP contribution in [0.5, 0.6) is 5.75 Å². The van der Waals surface area contributed by atoms with Gasteiger partial charge in [-0.2, -0.15) is 0 Å². The minimum Gasteiger partial charge on any atom is -0.508 e. The molecule has 2 rings (SSSR count). The maximum absolute atomic E-state index is 10.0. The second-order valence-corrected chi connectivity index (χ2v) is 5.79. The molecule has 3 heteroatoms. The highest BCUT2D eigenvalue weighted by molar-refractivity contribution is 5.37. The second-order valence-electron chi connectivity index (χ2n) is 5.79. The number of likely N-dealkylation sites (tertiary alicyclic amines) is 1. The van der Waals surface area contributed by atoms with Crippen molar-refractivity contribution in [1.29, 1.82) is 0 Å². The van der Waals surface area contributed by atoms with Crippen molar-refractivity contribution < 1.29 is 5.11 Å². The smallest absolute Gasteiger partial charge is 0.120 e. The van der Waals surface area contributed by atoms with Gasteiger partial charge in [0.2, 0.25) is 0 Å². The molecule has 1 aliphatic heterocycles. The lowest BCUT2D eigenvalue weighted by Gasteiger charge is -2.39. The van der Waals surface area contributed by atoms with Gasteiger partial charge in [0.15, 0.2) is 0 Å². The number of piperidine rings is 1. The predicted octanol–water partition coefficient (Wildman–Crippen LogP) is 2.43. The van der Waals surface area contributed by atoms with Gasteiger partial charge in [-0.1, -0.05) is 24.6 Å². The van der Waals surface area contributed by atoms with Gasteiger partial charge in [0.1, 0.15) is 5.75 Å². The van der Waals surface area contributed by atoms with Crippen LogP contribution in [0.2, 0.25) is 0 Å². The molecule has 0 spiro atoms. The Bertz CT molecular complexity index is 409. The van der Waals surface area contributed by atoms with E-state index in [4.69, 9.17) is 5.73 Å². The summed E-state index contributed by atoms with van der Waals surface area (Å²) in [5.41, 5.74) is 8.29. The highest BCUT2D eigenvalue weighted by Gasteiger charge is 2.27. The standard InChI is InChI=1S/C15H24N2O/c1-10-4-5-15(18)14(7-10)12(3)17-8-11(2)6-13(16)9-17/h4-5,7,11-13,18H,6,8-9,16H2,1-3H3. The number of nitrogens with two attached hydrogens (primary N) is 1. The summed E-state index contributed by atoms with van der Waals surface area (Å²) in [6.07, 6.45) is 1.10. The molecular formula is C15H24N2O. The van der Waals surface area contributed by atoms with Crippen LogP contribution in [0.3, 0.4) is 0 Å². The van der Waals surface area contributed by atoms with E-state index in [1.807, 2.05) is 6.07 Å². The van der Waals surface area contributed by atoms with Crippen molar-refractivity contribution in [2.45, 2.75) is 39.3 Å². The lowest BCUT2D eigenvalue weighted by Crippen LogP contribution is -2.47. The molecule has 1 aliphatic rings. The Morgan fingerprint density at radius 1 is 1.39 bits per heavy atom. The van der Waals surface area contributed by atoms with Gasteiger partial charge in [-0.15, -0.1) is 0 Å². The van der Waals surface area contributed by atoms with Crippen molar-refractivity contribution in [3.8, 4) is 5.75 Å². The van der Waals surface area contributed by atoms with Crippen molar-refractivity contribution in [3.63, 3.8) is 0 Å². The molecule has 3 nitrogen and oxygen atoms in total. The molecule has 3 N–H and O–H groups in total. The molecule has 1 aromatic carbocycles. The fraction of sp³-hybridized carbons (Fsp3) is 0.600. The quantitative estimate of drug-likeness (QED) is 0.845. The minimum atomic E-state index is 0.221. The van der Waals surface area contributed by atoms with E-state index >= 15 is 0 Å². The SMILES string of the molecule is Cc1ccc(O)c(C(C)N2CC(C)CC(N)C2)c1. The first-order valence-corrected chi connectivity index (χ1v) is 6.76. The molecule has 1 aromatic rings. The largest absolute Gasteiger partial charge is 0.508 e. The molecule has 3 atom stereocenters. The number of benzene rings is 1. The summed E-state index contributed by atoms with van der Waals surface area (Å²) >= 11 is 0. The van der Waals surface area contributed by atoms with Crippen LogP contribution in [0.1, 0.15) is 37.4 Å². The van der Waals surface area contributed by atoms with Crippen molar-refractivity contribution in [1.82, 2.24) is 4.90 Å². The van der Waals surface area contributed by atoms with Gasteiger partial charge in [-0.05, 0) is 32.3 Å². The van der Waals surface area contributed by atoms with E-state index in [1.54, 1.807) is 6.07 Å². The minimum absolute atomic E-state index is 0.221. The van der Waals surface area contributed by atoms with Gasteiger partial charge < -0.3 is 10.8 Å². The summed E-state index contributed by atoms with van der Waals surface area (Å²) < 4.78 is 0. The number of phenols is 1. The van der Waals surface area contributed by atoms with E-state index in [9.17, 15) is 5.11 Å². The number of rotatable bonds is 2. The molecular weight excluding hydrogens is 224 g/mol. The number of hydrogen-bond acceptors (Lipinski definition) is 3. The normalized spacial score (nSPS) is 27.1. The maximum atomic E-state index is 10.0. The van der Waals surface area contributed by atoms with Crippen LogP contribution in [-0.2, 0) is 0 Å². The summed E-state index contributed by atoms with van der Waals surface area (Å²) in [7, 11) is 0. The van der Waals surface area contributed by atoms with E-state index in [0.29, 0.717) is 11.7 Å². The third-order valence-corrected chi connectivity index (χ3v) is 3.90. The topological polar surface area (TPSA) is 49.5 Å². The highest BCUT2D eigenvalue weighted by atomic mass is 16.3. The van der Waals surface area contributed by atoms with E-state index in [-0.39, 0.29) is 12.1 Å². The second kappa shape index (κ2) is 5.29. The van der Waals surface area contributed by atoms with E-state index in [0.717, 1.165) is 25.1 Å². The lowest BCUT2D eigenvalue weighted by atomic mass is 9.93. The van der Waals surface area contributed by atoms with Crippen LogP contribution in [0, 0.1) is 12.8 Å². The van der Waals surface area contributed by atoms with E-state index in [2.05, 4.69) is 31.7 Å². The average Bonchev–Trinajstić information content (AvgIpc) is 2.30. The number of hydrogen-bond donors (Lipinski definition) is 2. The molecule has 1 saturated heterocycles. The van der Waals surface area contributed by atoms with Crippen LogP contribution >= 0.6 is 0 Å². The highest BCUT2D eigenvalue weighted by Crippen LogP contribution is 2.31. The van der Waals surface area contributed by atoms with E-state index < -0.39 is 0 Å². The van der Waals surface area contributed by atoms with Crippen LogP contribution < -0.4 is 5.73 Å². The molecule has 100 valence electrons. The number of phenolic OH excluding ortho intramolecular Hbond substituents is 1. The predicted molar refractivity (Wildman–Crippen MR) is 74.6 cm³/mol. The van der Waals surface area contributed by atoms with Crippen LogP contribution in [0.15, 0.2) is 18.2 Å². The molecule has 0 bridgehead atoms. The summed E-state index contributed by atoms with van der Waals surface area (Å²) in [6, 6.07) is 6.27. The Hall–Kier alpha value is -1.06. The Morgan fingerprint density at radius 3 is 2.78 bits per heavy atom. The molecule has 18 heavy (non-hydrogen) atoms. The Labute approximate surface area is 110 Å². The fourth-order valence-corrected chi connectivity index (χ4v) is 2.96. The molecule has 0 amide bonds. The maximum Gasteiger partial charge on any atom is 0.120 e. The van der Waals surface area contributed by atoms with Crippen LogP contribution in [-0.4, -0.2) is 29.1 Å². The van der Waals surface area contributed by atoms with Crippen molar-refractivity contribution >= 4 is 0 Å². The van der Waals surface area contributed by atoms with Gasteiger partial charge in [0.05, 0.1) is 0 Å². The van der Waals surface area contributed by atoms with Gasteiger partial charge in [0, 0.05) is 30.7 Å².